The Bertz CT molecular complexity index is 1260. The van der Waals surface area contributed by atoms with Gasteiger partial charge in [0.25, 0.3) is 0 Å². The lowest BCUT2D eigenvalue weighted by atomic mass is 10.0. The highest BCUT2D eigenvalue weighted by Crippen LogP contribution is 2.43. The molecule has 358 valence electrons. The van der Waals surface area contributed by atoms with Crippen LogP contribution in [0.1, 0.15) is 200 Å². The number of aliphatic hydroxyl groups excluding tert-OH is 2. The average Bonchev–Trinajstić information content (AvgIpc) is 3.26. The van der Waals surface area contributed by atoms with Crippen LogP contribution in [0.15, 0.2) is 72.9 Å². The van der Waals surface area contributed by atoms with Crippen LogP contribution in [0.25, 0.3) is 0 Å². The first-order chi connectivity index (χ1) is 30.3. The van der Waals surface area contributed by atoms with Gasteiger partial charge in [0.15, 0.2) is 0 Å². The summed E-state index contributed by atoms with van der Waals surface area (Å²) >= 11 is 0. The summed E-state index contributed by atoms with van der Waals surface area (Å²) in [4.78, 5) is 34.6. The van der Waals surface area contributed by atoms with Crippen LogP contribution in [0, 0.1) is 0 Å². The van der Waals surface area contributed by atoms with Crippen LogP contribution < -0.4 is 0 Å². The van der Waals surface area contributed by atoms with Gasteiger partial charge in [0, 0.05) is 12.8 Å². The maximum atomic E-state index is 12.4. The quantitative estimate of drug-likeness (QED) is 0.0233. The highest BCUT2D eigenvalue weighted by molar-refractivity contribution is 7.47. The number of hydrogen-bond donors (Lipinski definition) is 3. The van der Waals surface area contributed by atoms with E-state index in [1.165, 1.54) is 103 Å². The molecule has 0 aromatic rings. The fraction of sp³-hybridized carbons (Fsp3) is 0.725. The maximum Gasteiger partial charge on any atom is 0.472 e. The van der Waals surface area contributed by atoms with Crippen molar-refractivity contribution in [3.63, 3.8) is 0 Å². The number of allylic oxidation sites excluding steroid dienone is 12. The van der Waals surface area contributed by atoms with E-state index in [1.807, 2.05) is 12.2 Å². The van der Waals surface area contributed by atoms with Crippen LogP contribution >= 0.6 is 7.82 Å². The van der Waals surface area contributed by atoms with Gasteiger partial charge in [0.1, 0.15) is 12.2 Å². The molecule has 62 heavy (non-hydrogen) atoms. The summed E-state index contributed by atoms with van der Waals surface area (Å²) in [5, 5.41) is 19.2. The van der Waals surface area contributed by atoms with Crippen molar-refractivity contribution in [3.8, 4) is 0 Å². The Labute approximate surface area is 378 Å². The van der Waals surface area contributed by atoms with Gasteiger partial charge in [-0.2, -0.15) is 0 Å². The number of unbranched alkanes of at least 4 members (excludes halogenated alkanes) is 19. The largest absolute Gasteiger partial charge is 0.472 e. The van der Waals surface area contributed by atoms with Crippen molar-refractivity contribution in [2.75, 3.05) is 26.4 Å². The maximum absolute atomic E-state index is 12.4. The minimum Gasteiger partial charge on any atom is -0.457 e. The minimum absolute atomic E-state index is 0.0645. The molecule has 0 aromatic carbocycles. The van der Waals surface area contributed by atoms with Crippen LogP contribution in [-0.4, -0.2) is 65.7 Å². The molecular formula is C51H89O10P. The molecule has 0 aliphatic carbocycles. The Morgan fingerprint density at radius 3 is 1.10 bits per heavy atom. The fourth-order valence-electron chi connectivity index (χ4n) is 6.49. The van der Waals surface area contributed by atoms with Crippen LogP contribution in [0.2, 0.25) is 0 Å². The molecule has 3 unspecified atom stereocenters. The normalized spacial score (nSPS) is 14.3. The first-order valence-corrected chi connectivity index (χ1v) is 25.9. The molecule has 3 atom stereocenters. The summed E-state index contributed by atoms with van der Waals surface area (Å²) in [7, 11) is -4.66. The smallest absolute Gasteiger partial charge is 0.457 e. The first kappa shape index (κ1) is 59.4. The molecule has 0 fully saturated rings. The molecule has 0 heterocycles. The number of esters is 2. The number of hydrogen-bond acceptors (Lipinski definition) is 9. The molecule has 0 bridgehead atoms. The van der Waals surface area contributed by atoms with Crippen molar-refractivity contribution >= 4 is 19.8 Å². The predicted octanol–water partition coefficient (Wildman–Crippen LogP) is 13.6. The third-order valence-corrected chi connectivity index (χ3v) is 11.1. The third kappa shape index (κ3) is 44.0. The first-order valence-electron chi connectivity index (χ1n) is 24.4. The molecule has 11 heteroatoms. The number of carbonyl (C=O) groups excluding carboxylic acids is 2. The number of phosphoric acid groups is 1. The average molecular weight is 893 g/mol. The van der Waals surface area contributed by atoms with Crippen molar-refractivity contribution < 1.29 is 47.8 Å². The van der Waals surface area contributed by atoms with E-state index in [4.69, 9.17) is 18.5 Å². The van der Waals surface area contributed by atoms with Crippen molar-refractivity contribution in [3.05, 3.63) is 72.9 Å². The second kappa shape index (κ2) is 46.4. The summed E-state index contributed by atoms with van der Waals surface area (Å²) in [5.74, 6) is -1.10. The number of phosphoric ester groups is 1. The highest BCUT2D eigenvalue weighted by Gasteiger charge is 2.27. The van der Waals surface area contributed by atoms with E-state index >= 15 is 0 Å². The molecule has 3 N–H and O–H groups in total. The molecule has 0 saturated heterocycles. The predicted molar refractivity (Wildman–Crippen MR) is 256 cm³/mol. The van der Waals surface area contributed by atoms with E-state index < -0.39 is 58.4 Å². The van der Waals surface area contributed by atoms with Crippen LogP contribution in [-0.2, 0) is 32.7 Å². The number of carbonyl (C=O) groups is 2. The van der Waals surface area contributed by atoms with Gasteiger partial charge in [-0.25, -0.2) is 4.57 Å². The summed E-state index contributed by atoms with van der Waals surface area (Å²) in [6.45, 7) is 2.03. The van der Waals surface area contributed by atoms with Gasteiger partial charge in [-0.05, 0) is 51.4 Å². The second-order valence-electron chi connectivity index (χ2n) is 16.1. The van der Waals surface area contributed by atoms with Crippen molar-refractivity contribution in [2.45, 2.75) is 212 Å². The minimum atomic E-state index is -4.66. The number of rotatable bonds is 45. The van der Waals surface area contributed by atoms with Gasteiger partial charge in [-0.15, -0.1) is 0 Å². The molecule has 0 aromatic heterocycles. The van der Waals surface area contributed by atoms with Gasteiger partial charge in [0.2, 0.25) is 0 Å². The lowest BCUT2D eigenvalue weighted by molar-refractivity contribution is -0.153. The topological polar surface area (TPSA) is 149 Å². The summed E-state index contributed by atoms with van der Waals surface area (Å²) < 4.78 is 32.6. The molecule has 0 aliphatic heterocycles. The van der Waals surface area contributed by atoms with Crippen LogP contribution in [0.4, 0.5) is 0 Å². The second-order valence-corrected chi connectivity index (χ2v) is 17.5. The Kier molecular flexibility index (Phi) is 44.5. The standard InChI is InChI=1S/C51H89O10P/c1-3-5-7-9-11-13-15-17-19-21-23-25-27-29-31-33-35-37-39-41-43-51(55)61-49(45-53)47-59-62(56,57)58-46-48(44-52)60-50(54)42-40-38-36-34-32-30-28-26-24-22-20-18-16-14-12-10-8-6-4-2/h6,8,12,14,18,20,24,26,30,32,36,38,48-49,52-53H,3-5,7,9-11,13,15-17,19,21-23,25,27-29,31,33-35,37,39-47H2,1-2H3,(H,56,57)/b8-6-,14-12-,20-18-,26-24-,32-30-,38-36-. The summed E-state index contributed by atoms with van der Waals surface area (Å²) in [6.07, 6.45) is 54.6. The summed E-state index contributed by atoms with van der Waals surface area (Å²) in [6, 6.07) is 0. The van der Waals surface area contributed by atoms with Gasteiger partial charge < -0.3 is 24.6 Å². The highest BCUT2D eigenvalue weighted by atomic mass is 31.2. The lowest BCUT2D eigenvalue weighted by Gasteiger charge is -2.20. The SMILES string of the molecule is CC/C=C\C/C=C\C/C=C\C/C=C\C/C=C\C/C=C\CCC(=O)OC(CO)COP(=O)(O)OCC(CO)OC(=O)CCCCCCCCCCCCCCCCCCCCCC. The zero-order chi connectivity index (χ0) is 45.5. The van der Waals surface area contributed by atoms with E-state index in [0.717, 1.165) is 57.8 Å². The zero-order valence-electron chi connectivity index (χ0n) is 39.1. The Morgan fingerprint density at radius 1 is 0.452 bits per heavy atom. The molecule has 0 rings (SSSR count). The van der Waals surface area contributed by atoms with Crippen molar-refractivity contribution in [1.82, 2.24) is 0 Å². The van der Waals surface area contributed by atoms with Crippen molar-refractivity contribution in [2.24, 2.45) is 0 Å². The van der Waals surface area contributed by atoms with Crippen LogP contribution in [0.3, 0.4) is 0 Å². The Morgan fingerprint density at radius 2 is 0.758 bits per heavy atom. The van der Waals surface area contributed by atoms with E-state index in [-0.39, 0.29) is 12.8 Å². The molecule has 0 spiro atoms. The monoisotopic (exact) mass is 893 g/mol. The zero-order valence-corrected chi connectivity index (χ0v) is 40.0. The van der Waals surface area contributed by atoms with E-state index in [2.05, 4.69) is 74.6 Å². The van der Waals surface area contributed by atoms with Gasteiger partial charge in [-0.1, -0.05) is 209 Å². The Balaban J connectivity index is 3.95. The number of ether oxygens (including phenoxy) is 2. The van der Waals surface area contributed by atoms with Crippen molar-refractivity contribution in [1.29, 1.82) is 0 Å². The van der Waals surface area contributed by atoms with Gasteiger partial charge >= 0.3 is 19.8 Å². The molecule has 10 nitrogen and oxygen atoms in total. The summed E-state index contributed by atoms with van der Waals surface area (Å²) in [5.41, 5.74) is 0. The fourth-order valence-corrected chi connectivity index (χ4v) is 7.28. The molecule has 0 aliphatic rings. The Hall–Kier alpha value is -2.59. The molecule has 0 amide bonds. The molecular weight excluding hydrogens is 804 g/mol. The lowest BCUT2D eigenvalue weighted by Crippen LogP contribution is -2.28. The van der Waals surface area contributed by atoms with Gasteiger partial charge in [-0.3, -0.25) is 18.6 Å². The van der Waals surface area contributed by atoms with Gasteiger partial charge in [0.05, 0.1) is 26.4 Å². The number of aliphatic hydroxyl groups is 2. The third-order valence-electron chi connectivity index (χ3n) is 10.2. The van der Waals surface area contributed by atoms with Crippen LogP contribution in [0.5, 0.6) is 0 Å². The molecule has 0 saturated carbocycles. The van der Waals surface area contributed by atoms with E-state index in [0.29, 0.717) is 12.8 Å². The van der Waals surface area contributed by atoms with E-state index in [1.54, 1.807) is 0 Å². The van der Waals surface area contributed by atoms with E-state index in [9.17, 15) is 29.3 Å². The molecule has 0 radical (unpaired) electrons.